The number of carboxylic acids is 1. The number of rotatable bonds is 1. The zero-order chi connectivity index (χ0) is 15.8. The lowest BCUT2D eigenvalue weighted by Gasteiger charge is -2.07. The Balaban J connectivity index is 2.40. The summed E-state index contributed by atoms with van der Waals surface area (Å²) >= 11 is 0. The minimum Gasteiger partial charge on any atom is -0.474 e. The highest BCUT2D eigenvalue weighted by Crippen LogP contribution is 1.96. The number of aliphatic carboxylic acids is 1. The van der Waals surface area contributed by atoms with Crippen LogP contribution >= 0.6 is 0 Å². The highest BCUT2D eigenvalue weighted by atomic mass is 16.4. The van der Waals surface area contributed by atoms with Crippen LogP contribution in [-0.4, -0.2) is 34.7 Å². The van der Waals surface area contributed by atoms with Crippen molar-refractivity contribution in [3.8, 4) is 0 Å². The number of benzene rings is 1. The van der Waals surface area contributed by atoms with Gasteiger partial charge < -0.3 is 5.11 Å². The molecule has 0 radical (unpaired) electrons. The summed E-state index contributed by atoms with van der Waals surface area (Å²) in [5.41, 5.74) is 7.01. The van der Waals surface area contributed by atoms with Crippen LogP contribution in [0.2, 0.25) is 0 Å². The van der Waals surface area contributed by atoms with Crippen molar-refractivity contribution in [3.63, 3.8) is 0 Å². The smallest absolute Gasteiger partial charge is 0.396 e. The van der Waals surface area contributed by atoms with Crippen LogP contribution in [0.3, 0.4) is 0 Å². The third-order valence-corrected chi connectivity index (χ3v) is 2.02. The van der Waals surface area contributed by atoms with Gasteiger partial charge in [-0.1, -0.05) is 18.2 Å². The van der Waals surface area contributed by atoms with Crippen molar-refractivity contribution in [1.29, 1.82) is 0 Å². The highest BCUT2D eigenvalue weighted by Gasteiger charge is 2.17. The number of carbonyl (C=O) groups is 5. The quantitative estimate of drug-likeness (QED) is 0.289. The van der Waals surface area contributed by atoms with Crippen LogP contribution in [0.1, 0.15) is 10.4 Å². The number of amides is 4. The van der Waals surface area contributed by atoms with Gasteiger partial charge in [0, 0.05) is 5.56 Å². The standard InChI is InChI=1S/C11H10N4O6/c16-7(6-4-2-1-3-5-6)12-13-8(17)9(18)14-15-10(19)11(20)21/h1-5H,(H,12,16)(H,13,17)(H,14,18)(H,15,19)(H,20,21). The molecule has 4 amide bonds. The fraction of sp³-hybridized carbons (Fsp3) is 0. The van der Waals surface area contributed by atoms with Crippen LogP contribution in [0.5, 0.6) is 0 Å². The van der Waals surface area contributed by atoms with E-state index in [9.17, 15) is 24.0 Å². The fourth-order valence-corrected chi connectivity index (χ4v) is 1.06. The van der Waals surface area contributed by atoms with E-state index < -0.39 is 29.6 Å². The maximum Gasteiger partial charge on any atom is 0.396 e. The van der Waals surface area contributed by atoms with Crippen molar-refractivity contribution < 1.29 is 29.1 Å². The number of carboxylic acid groups (broad SMARTS) is 1. The van der Waals surface area contributed by atoms with Gasteiger partial charge in [-0.15, -0.1) is 0 Å². The molecule has 0 atom stereocenters. The lowest BCUT2D eigenvalue weighted by Crippen LogP contribution is -2.53. The Morgan fingerprint density at radius 2 is 1.19 bits per heavy atom. The molecule has 0 saturated carbocycles. The average Bonchev–Trinajstić information content (AvgIpc) is 2.50. The molecule has 1 aromatic carbocycles. The van der Waals surface area contributed by atoms with Gasteiger partial charge >= 0.3 is 23.7 Å². The number of hydrogen-bond donors (Lipinski definition) is 5. The second kappa shape index (κ2) is 7.23. The largest absolute Gasteiger partial charge is 0.474 e. The summed E-state index contributed by atoms with van der Waals surface area (Å²) in [4.78, 5) is 54.6. The molecular weight excluding hydrogens is 284 g/mol. The molecule has 10 heteroatoms. The summed E-state index contributed by atoms with van der Waals surface area (Å²) in [6.45, 7) is 0. The van der Waals surface area contributed by atoms with Gasteiger partial charge in [0.25, 0.3) is 5.91 Å². The van der Waals surface area contributed by atoms with Gasteiger partial charge in [-0.05, 0) is 12.1 Å². The molecule has 0 spiro atoms. The summed E-state index contributed by atoms with van der Waals surface area (Å²) in [5, 5.41) is 8.21. The predicted octanol–water partition coefficient (Wildman–Crippen LogP) is -2.32. The van der Waals surface area contributed by atoms with E-state index in [1.165, 1.54) is 17.6 Å². The molecule has 0 heterocycles. The van der Waals surface area contributed by atoms with Gasteiger partial charge in [0.15, 0.2) is 0 Å². The third-order valence-electron chi connectivity index (χ3n) is 2.02. The first-order valence-corrected chi connectivity index (χ1v) is 5.40. The molecule has 0 aliphatic rings. The summed E-state index contributed by atoms with van der Waals surface area (Å²) in [6, 6.07) is 7.85. The lowest BCUT2D eigenvalue weighted by molar-refractivity contribution is -0.151. The molecule has 21 heavy (non-hydrogen) atoms. The van der Waals surface area contributed by atoms with Crippen LogP contribution in [-0.2, 0) is 19.2 Å². The van der Waals surface area contributed by atoms with Gasteiger partial charge in [-0.2, -0.15) is 0 Å². The van der Waals surface area contributed by atoms with Gasteiger partial charge in [0.1, 0.15) is 0 Å². The molecular formula is C11H10N4O6. The fourth-order valence-electron chi connectivity index (χ4n) is 1.06. The molecule has 10 nitrogen and oxygen atoms in total. The second-order valence-electron chi connectivity index (χ2n) is 3.49. The van der Waals surface area contributed by atoms with Gasteiger partial charge in [-0.25, -0.2) is 4.79 Å². The van der Waals surface area contributed by atoms with Crippen LogP contribution in [0, 0.1) is 0 Å². The van der Waals surface area contributed by atoms with E-state index in [-0.39, 0.29) is 5.56 Å². The molecule has 0 fully saturated rings. The van der Waals surface area contributed by atoms with E-state index in [0.29, 0.717) is 0 Å². The Hall–Kier alpha value is -3.43. The maximum atomic E-state index is 11.5. The molecule has 1 aromatic rings. The Kier molecular flexibility index (Phi) is 5.38. The van der Waals surface area contributed by atoms with Crippen LogP contribution in [0.25, 0.3) is 0 Å². The Morgan fingerprint density at radius 1 is 0.714 bits per heavy atom. The predicted molar refractivity (Wildman–Crippen MR) is 66.0 cm³/mol. The van der Waals surface area contributed by atoms with Crippen molar-refractivity contribution in [2.24, 2.45) is 0 Å². The molecule has 1 rings (SSSR count). The van der Waals surface area contributed by atoms with Crippen molar-refractivity contribution in [1.82, 2.24) is 21.7 Å². The molecule has 110 valence electrons. The first-order valence-electron chi connectivity index (χ1n) is 5.40. The van der Waals surface area contributed by atoms with E-state index in [0.717, 1.165) is 0 Å². The zero-order valence-corrected chi connectivity index (χ0v) is 10.4. The number of nitrogens with one attached hydrogen (secondary N) is 4. The normalized spacial score (nSPS) is 9.14. The van der Waals surface area contributed by atoms with E-state index in [4.69, 9.17) is 5.11 Å². The number of hydrogen-bond acceptors (Lipinski definition) is 5. The lowest BCUT2D eigenvalue weighted by atomic mass is 10.2. The van der Waals surface area contributed by atoms with Crippen molar-refractivity contribution in [2.75, 3.05) is 0 Å². The second-order valence-corrected chi connectivity index (χ2v) is 3.49. The number of carbonyl (C=O) groups excluding carboxylic acids is 4. The SMILES string of the molecule is O=C(O)C(=O)NNC(=O)C(=O)NNC(=O)c1ccccc1. The van der Waals surface area contributed by atoms with Crippen LogP contribution < -0.4 is 21.7 Å². The summed E-state index contributed by atoms with van der Waals surface area (Å²) in [6.07, 6.45) is 0. The van der Waals surface area contributed by atoms with E-state index >= 15 is 0 Å². The monoisotopic (exact) mass is 294 g/mol. The van der Waals surface area contributed by atoms with Gasteiger partial charge in [0.2, 0.25) is 0 Å². The van der Waals surface area contributed by atoms with Crippen LogP contribution in [0.15, 0.2) is 30.3 Å². The Bertz CT molecular complexity index is 586. The first kappa shape index (κ1) is 15.6. The molecule has 0 saturated heterocycles. The van der Waals surface area contributed by atoms with Gasteiger partial charge in [-0.3, -0.25) is 40.9 Å². The first-order chi connectivity index (χ1) is 9.91. The van der Waals surface area contributed by atoms with E-state index in [2.05, 4.69) is 0 Å². The Morgan fingerprint density at radius 3 is 1.71 bits per heavy atom. The molecule has 5 N–H and O–H groups in total. The Labute approximate surface area is 117 Å². The van der Waals surface area contributed by atoms with E-state index in [1.54, 1.807) is 29.1 Å². The highest BCUT2D eigenvalue weighted by molar-refractivity contribution is 6.36. The van der Waals surface area contributed by atoms with E-state index in [1.807, 2.05) is 5.43 Å². The molecule has 0 unspecified atom stereocenters. The maximum absolute atomic E-state index is 11.5. The summed E-state index contributed by atoms with van der Waals surface area (Å²) in [7, 11) is 0. The topological polar surface area (TPSA) is 154 Å². The number of hydrazine groups is 2. The van der Waals surface area contributed by atoms with Crippen molar-refractivity contribution in [2.45, 2.75) is 0 Å². The summed E-state index contributed by atoms with van der Waals surface area (Å²) in [5.74, 6) is -6.69. The summed E-state index contributed by atoms with van der Waals surface area (Å²) < 4.78 is 0. The molecule has 0 aliphatic carbocycles. The molecule has 0 bridgehead atoms. The van der Waals surface area contributed by atoms with Crippen molar-refractivity contribution >= 4 is 29.6 Å². The molecule has 0 aromatic heterocycles. The average molecular weight is 294 g/mol. The van der Waals surface area contributed by atoms with Crippen LogP contribution in [0.4, 0.5) is 0 Å². The zero-order valence-electron chi connectivity index (χ0n) is 10.4. The molecule has 0 aliphatic heterocycles. The van der Waals surface area contributed by atoms with Crippen molar-refractivity contribution in [3.05, 3.63) is 35.9 Å². The third kappa shape index (κ3) is 4.98. The minimum atomic E-state index is -1.84. The minimum absolute atomic E-state index is 0.248. The van der Waals surface area contributed by atoms with Gasteiger partial charge in [0.05, 0.1) is 0 Å².